The van der Waals surface area contributed by atoms with Crippen LogP contribution in [0.5, 0.6) is 5.75 Å². The summed E-state index contributed by atoms with van der Waals surface area (Å²) >= 11 is 10.9. The summed E-state index contributed by atoms with van der Waals surface area (Å²) in [6.45, 7) is 0.467. The molecule has 0 atom stereocenters. The van der Waals surface area contributed by atoms with Crippen molar-refractivity contribution >= 4 is 40.7 Å². The number of ether oxygens (including phenoxy) is 1. The molecule has 136 valence electrons. The number of hydrogen-bond donors (Lipinski definition) is 2. The summed E-state index contributed by atoms with van der Waals surface area (Å²) < 4.78 is 5.71. The normalized spacial score (nSPS) is 10.1. The number of nitrogens with one attached hydrogen (secondary N) is 2. The molecular weight excluding hydrogens is 382 g/mol. The second-order valence-electron chi connectivity index (χ2n) is 5.57. The zero-order valence-electron chi connectivity index (χ0n) is 14.2. The van der Waals surface area contributed by atoms with E-state index in [9.17, 15) is 4.79 Å². The Bertz CT molecular complexity index is 916. The van der Waals surface area contributed by atoms with Crippen molar-refractivity contribution in [1.29, 1.82) is 0 Å². The molecule has 0 unspecified atom stereocenters. The van der Waals surface area contributed by atoms with Crippen LogP contribution in [0.2, 0.25) is 5.02 Å². The van der Waals surface area contributed by atoms with Crippen LogP contribution < -0.4 is 15.4 Å². The van der Waals surface area contributed by atoms with Gasteiger partial charge in [0.05, 0.1) is 5.02 Å². The fourth-order valence-corrected chi connectivity index (χ4v) is 2.53. The summed E-state index contributed by atoms with van der Waals surface area (Å²) in [4.78, 5) is 16.3. The van der Waals surface area contributed by atoms with Crippen molar-refractivity contribution in [1.82, 2.24) is 10.3 Å². The van der Waals surface area contributed by atoms with Gasteiger partial charge in [-0.2, -0.15) is 0 Å². The standard InChI is InChI=1S/C20H16ClN3O2S/c21-16-8-11-18(22-12-16)23-20(27)24-19(25)15-6-9-17(10-7-15)26-13-14-4-2-1-3-5-14/h1-12H,13H2,(H2,22,23,24,25,27). The van der Waals surface area contributed by atoms with Crippen LogP contribution in [0.3, 0.4) is 0 Å². The summed E-state index contributed by atoms with van der Waals surface area (Å²) in [7, 11) is 0. The largest absolute Gasteiger partial charge is 0.489 e. The van der Waals surface area contributed by atoms with Gasteiger partial charge in [-0.3, -0.25) is 10.1 Å². The van der Waals surface area contributed by atoms with Crippen molar-refractivity contribution in [3.8, 4) is 5.75 Å². The topological polar surface area (TPSA) is 63.2 Å². The van der Waals surface area contributed by atoms with Crippen LogP contribution in [0, 0.1) is 0 Å². The molecule has 1 amide bonds. The molecule has 7 heteroatoms. The highest BCUT2D eigenvalue weighted by atomic mass is 35.5. The highest BCUT2D eigenvalue weighted by Crippen LogP contribution is 2.14. The second-order valence-corrected chi connectivity index (χ2v) is 6.41. The number of benzene rings is 2. The predicted molar refractivity (Wildman–Crippen MR) is 110 cm³/mol. The molecule has 0 spiro atoms. The second kappa shape index (κ2) is 9.12. The number of aromatic nitrogens is 1. The van der Waals surface area contributed by atoms with Gasteiger partial charge < -0.3 is 10.1 Å². The first-order valence-corrected chi connectivity index (χ1v) is 8.89. The van der Waals surface area contributed by atoms with E-state index in [-0.39, 0.29) is 11.0 Å². The molecule has 0 saturated carbocycles. The van der Waals surface area contributed by atoms with Gasteiger partial charge >= 0.3 is 0 Å². The average molecular weight is 398 g/mol. The van der Waals surface area contributed by atoms with E-state index in [0.29, 0.717) is 28.8 Å². The number of anilines is 1. The number of amides is 1. The lowest BCUT2D eigenvalue weighted by Gasteiger charge is -2.10. The first-order valence-electron chi connectivity index (χ1n) is 8.11. The number of nitrogens with zero attached hydrogens (tertiary/aromatic N) is 1. The minimum atomic E-state index is -0.323. The zero-order valence-corrected chi connectivity index (χ0v) is 15.8. The lowest BCUT2D eigenvalue weighted by molar-refractivity contribution is 0.0977. The Hall–Kier alpha value is -2.96. The Balaban J connectivity index is 1.52. The molecule has 0 aliphatic heterocycles. The van der Waals surface area contributed by atoms with Gasteiger partial charge in [0, 0.05) is 11.8 Å². The Morgan fingerprint density at radius 3 is 2.44 bits per heavy atom. The van der Waals surface area contributed by atoms with E-state index >= 15 is 0 Å². The number of thiocarbonyl (C=S) groups is 1. The molecule has 2 aromatic carbocycles. The first kappa shape index (κ1) is 18.8. The van der Waals surface area contributed by atoms with E-state index in [4.69, 9.17) is 28.6 Å². The van der Waals surface area contributed by atoms with Crippen LogP contribution in [-0.2, 0) is 6.61 Å². The van der Waals surface area contributed by atoms with E-state index < -0.39 is 0 Å². The molecular formula is C20H16ClN3O2S. The zero-order chi connectivity index (χ0) is 19.1. The van der Waals surface area contributed by atoms with Gasteiger partial charge in [-0.15, -0.1) is 0 Å². The van der Waals surface area contributed by atoms with Crippen molar-refractivity contribution in [3.63, 3.8) is 0 Å². The highest BCUT2D eigenvalue weighted by Gasteiger charge is 2.09. The maximum absolute atomic E-state index is 12.3. The third-order valence-electron chi connectivity index (χ3n) is 3.56. The molecule has 27 heavy (non-hydrogen) atoms. The Morgan fingerprint density at radius 2 is 1.78 bits per heavy atom. The van der Waals surface area contributed by atoms with E-state index in [1.165, 1.54) is 6.20 Å². The van der Waals surface area contributed by atoms with Crippen LogP contribution in [0.4, 0.5) is 5.82 Å². The fraction of sp³-hybridized carbons (Fsp3) is 0.0500. The van der Waals surface area contributed by atoms with Gasteiger partial charge in [0.15, 0.2) is 5.11 Å². The van der Waals surface area contributed by atoms with Gasteiger partial charge in [0.1, 0.15) is 18.2 Å². The first-order chi connectivity index (χ1) is 13.1. The van der Waals surface area contributed by atoms with Crippen LogP contribution in [-0.4, -0.2) is 16.0 Å². The summed E-state index contributed by atoms with van der Waals surface area (Å²) in [5, 5.41) is 6.10. The Kier molecular flexibility index (Phi) is 6.35. The maximum atomic E-state index is 12.3. The number of carbonyl (C=O) groups is 1. The minimum Gasteiger partial charge on any atom is -0.489 e. The molecule has 0 saturated heterocycles. The monoisotopic (exact) mass is 397 g/mol. The summed E-state index contributed by atoms with van der Waals surface area (Å²) in [5.74, 6) is 0.854. The van der Waals surface area contributed by atoms with Gasteiger partial charge in [0.2, 0.25) is 0 Å². The van der Waals surface area contributed by atoms with E-state index in [2.05, 4.69) is 15.6 Å². The van der Waals surface area contributed by atoms with Crippen molar-refractivity contribution in [3.05, 3.63) is 89.1 Å². The number of halogens is 1. The smallest absolute Gasteiger partial charge is 0.257 e. The molecule has 5 nitrogen and oxygen atoms in total. The number of pyridine rings is 1. The molecule has 3 rings (SSSR count). The van der Waals surface area contributed by atoms with Gasteiger partial charge in [-0.05, 0) is 54.2 Å². The van der Waals surface area contributed by atoms with Crippen LogP contribution >= 0.6 is 23.8 Å². The van der Waals surface area contributed by atoms with E-state index in [1.807, 2.05) is 30.3 Å². The molecule has 2 N–H and O–H groups in total. The Labute approximate surface area is 167 Å². The lowest BCUT2D eigenvalue weighted by atomic mass is 10.2. The number of hydrogen-bond acceptors (Lipinski definition) is 4. The molecule has 0 aliphatic rings. The van der Waals surface area contributed by atoms with Crippen molar-refractivity contribution in [2.24, 2.45) is 0 Å². The summed E-state index contributed by atoms with van der Waals surface area (Å²) in [5.41, 5.74) is 1.54. The van der Waals surface area contributed by atoms with Gasteiger partial charge in [-0.25, -0.2) is 4.98 Å². The molecule has 1 heterocycles. The third-order valence-corrected chi connectivity index (χ3v) is 3.99. The maximum Gasteiger partial charge on any atom is 0.257 e. The highest BCUT2D eigenvalue weighted by molar-refractivity contribution is 7.80. The predicted octanol–water partition coefficient (Wildman–Crippen LogP) is 4.44. The molecule has 0 radical (unpaired) electrons. The van der Waals surface area contributed by atoms with Gasteiger partial charge in [0.25, 0.3) is 5.91 Å². The average Bonchev–Trinajstić information content (AvgIpc) is 2.69. The molecule has 1 aromatic heterocycles. The Morgan fingerprint density at radius 1 is 1.04 bits per heavy atom. The number of carbonyl (C=O) groups excluding carboxylic acids is 1. The molecule has 0 aliphatic carbocycles. The third kappa shape index (κ3) is 5.77. The van der Waals surface area contributed by atoms with Crippen molar-refractivity contribution in [2.75, 3.05) is 5.32 Å². The van der Waals surface area contributed by atoms with Crippen LogP contribution in [0.1, 0.15) is 15.9 Å². The van der Waals surface area contributed by atoms with Crippen LogP contribution in [0.25, 0.3) is 0 Å². The minimum absolute atomic E-state index is 0.152. The molecule has 3 aromatic rings. The lowest BCUT2D eigenvalue weighted by Crippen LogP contribution is -2.34. The molecule has 0 fully saturated rings. The summed E-state index contributed by atoms with van der Waals surface area (Å²) in [6.07, 6.45) is 1.49. The van der Waals surface area contributed by atoms with Crippen LogP contribution in [0.15, 0.2) is 72.9 Å². The number of rotatable bonds is 5. The van der Waals surface area contributed by atoms with E-state index in [0.717, 1.165) is 5.56 Å². The summed E-state index contributed by atoms with van der Waals surface area (Å²) in [6, 6.07) is 20.1. The van der Waals surface area contributed by atoms with E-state index in [1.54, 1.807) is 36.4 Å². The van der Waals surface area contributed by atoms with Crippen molar-refractivity contribution in [2.45, 2.75) is 6.61 Å². The fourth-order valence-electron chi connectivity index (χ4n) is 2.22. The quantitative estimate of drug-likeness (QED) is 0.623. The van der Waals surface area contributed by atoms with Gasteiger partial charge in [-0.1, -0.05) is 41.9 Å². The SMILES string of the molecule is O=C(NC(=S)Nc1ccc(Cl)cn1)c1ccc(OCc2ccccc2)cc1. The van der Waals surface area contributed by atoms with Crippen molar-refractivity contribution < 1.29 is 9.53 Å². The molecule has 0 bridgehead atoms.